The number of carbonyl (C=O) groups is 1. The van der Waals surface area contributed by atoms with Crippen molar-refractivity contribution in [3.05, 3.63) is 77.7 Å². The van der Waals surface area contributed by atoms with E-state index in [0.29, 0.717) is 41.5 Å². The average molecular weight is 528 g/mol. The highest BCUT2D eigenvalue weighted by Gasteiger charge is 2.43. The number of fused-ring (bicyclic) bond motifs is 1. The second-order valence-corrected chi connectivity index (χ2v) is 9.45. The summed E-state index contributed by atoms with van der Waals surface area (Å²) in [7, 11) is 0. The summed E-state index contributed by atoms with van der Waals surface area (Å²) in [5, 5.41) is 13.6. The van der Waals surface area contributed by atoms with E-state index in [1.165, 1.54) is 24.3 Å². The predicted octanol–water partition coefficient (Wildman–Crippen LogP) is 4.06. The molecule has 0 spiro atoms. The average Bonchev–Trinajstić information content (AvgIpc) is 3.45. The second-order valence-electron chi connectivity index (χ2n) is 9.45. The molecule has 2 aliphatic rings. The maximum atomic E-state index is 15.3. The van der Waals surface area contributed by atoms with Crippen molar-refractivity contribution in [2.75, 3.05) is 32.8 Å². The summed E-state index contributed by atoms with van der Waals surface area (Å²) < 4.78 is 54.8. The van der Waals surface area contributed by atoms with Crippen molar-refractivity contribution in [3.8, 4) is 22.8 Å². The van der Waals surface area contributed by atoms with Crippen LogP contribution in [0.5, 0.6) is 11.5 Å². The van der Waals surface area contributed by atoms with E-state index >= 15 is 8.78 Å². The third-order valence-electron chi connectivity index (χ3n) is 6.81. The quantitative estimate of drug-likeness (QED) is 0.460. The Morgan fingerprint density at radius 3 is 2.42 bits per heavy atom. The normalized spacial score (nSPS) is 17.2. The van der Waals surface area contributed by atoms with Gasteiger partial charge in [-0.3, -0.25) is 9.78 Å². The van der Waals surface area contributed by atoms with Crippen LogP contribution in [-0.2, 0) is 10.7 Å². The van der Waals surface area contributed by atoms with E-state index in [1.807, 2.05) is 4.90 Å². The number of nitrogens with zero attached hydrogens (tertiary/aromatic N) is 2. The van der Waals surface area contributed by atoms with Crippen molar-refractivity contribution in [3.63, 3.8) is 0 Å². The van der Waals surface area contributed by atoms with Gasteiger partial charge in [-0.2, -0.15) is 8.78 Å². The highest BCUT2D eigenvalue weighted by Crippen LogP contribution is 2.35. The largest absolute Gasteiger partial charge is 0.486 e. The fourth-order valence-electron chi connectivity index (χ4n) is 4.73. The maximum Gasteiger partial charge on any atom is 0.349 e. The number of likely N-dealkylation sites (tertiary alicyclic amines) is 1. The lowest BCUT2D eigenvalue weighted by Crippen LogP contribution is -2.50. The summed E-state index contributed by atoms with van der Waals surface area (Å²) in [6.45, 7) is 2.51. The van der Waals surface area contributed by atoms with Crippen LogP contribution in [-0.4, -0.2) is 59.8 Å². The zero-order valence-corrected chi connectivity index (χ0v) is 20.6. The van der Waals surface area contributed by atoms with Crippen LogP contribution in [0.2, 0.25) is 0 Å². The Balaban J connectivity index is 1.34. The molecule has 2 aliphatic heterocycles. The van der Waals surface area contributed by atoms with Crippen molar-refractivity contribution >= 4 is 5.91 Å². The number of hydrogen-bond donors (Lipinski definition) is 2. The van der Waals surface area contributed by atoms with Gasteiger partial charge >= 0.3 is 5.92 Å². The molecule has 0 aliphatic carbocycles. The number of aromatic nitrogens is 1. The molecule has 38 heavy (non-hydrogen) atoms. The number of hydrogen-bond acceptors (Lipinski definition) is 6. The fraction of sp³-hybridized carbons (Fsp3) is 0.357. The van der Waals surface area contributed by atoms with Gasteiger partial charge in [-0.1, -0.05) is 30.3 Å². The van der Waals surface area contributed by atoms with E-state index < -0.39 is 35.4 Å². The number of rotatable bonds is 8. The molecule has 2 aromatic carbocycles. The van der Waals surface area contributed by atoms with Gasteiger partial charge in [0.05, 0.1) is 17.9 Å². The molecule has 7 nitrogen and oxygen atoms in total. The molecule has 1 saturated heterocycles. The number of ether oxygens (including phenoxy) is 2. The number of pyridine rings is 1. The molecule has 0 bridgehead atoms. The van der Waals surface area contributed by atoms with Crippen LogP contribution < -0.4 is 14.8 Å². The van der Waals surface area contributed by atoms with Crippen LogP contribution in [0.4, 0.5) is 13.2 Å². The minimum absolute atomic E-state index is 0.215. The Kier molecular flexibility index (Phi) is 7.53. The Labute approximate surface area is 218 Å². The van der Waals surface area contributed by atoms with Crippen molar-refractivity contribution in [1.29, 1.82) is 0 Å². The lowest BCUT2D eigenvalue weighted by molar-refractivity contribution is -0.149. The highest BCUT2D eigenvalue weighted by atomic mass is 19.3. The lowest BCUT2D eigenvalue weighted by atomic mass is 9.99. The summed E-state index contributed by atoms with van der Waals surface area (Å²) in [6, 6.07) is 11.7. The number of carbonyl (C=O) groups excluding carboxylic acids is 1. The van der Waals surface area contributed by atoms with Crippen LogP contribution in [0.15, 0.2) is 60.8 Å². The van der Waals surface area contributed by atoms with E-state index in [4.69, 9.17) is 9.47 Å². The van der Waals surface area contributed by atoms with E-state index in [1.54, 1.807) is 18.2 Å². The van der Waals surface area contributed by atoms with Gasteiger partial charge in [0.15, 0.2) is 11.5 Å². The van der Waals surface area contributed by atoms with Gasteiger partial charge in [0.2, 0.25) is 0 Å². The van der Waals surface area contributed by atoms with Crippen LogP contribution in [0.3, 0.4) is 0 Å². The molecule has 3 aromatic rings. The minimum Gasteiger partial charge on any atom is -0.486 e. The van der Waals surface area contributed by atoms with Crippen molar-refractivity contribution in [2.24, 2.45) is 0 Å². The highest BCUT2D eigenvalue weighted by molar-refractivity contribution is 5.85. The zero-order valence-electron chi connectivity index (χ0n) is 20.6. The smallest absolute Gasteiger partial charge is 0.349 e. The van der Waals surface area contributed by atoms with Gasteiger partial charge in [0, 0.05) is 17.7 Å². The first kappa shape index (κ1) is 26.0. The Morgan fingerprint density at radius 1 is 1.03 bits per heavy atom. The summed E-state index contributed by atoms with van der Waals surface area (Å²) in [5.74, 6) is -4.87. The van der Waals surface area contributed by atoms with E-state index in [9.17, 15) is 14.3 Å². The van der Waals surface area contributed by atoms with E-state index in [0.717, 1.165) is 44.3 Å². The van der Waals surface area contributed by atoms with Crippen LogP contribution in [0.25, 0.3) is 11.3 Å². The number of nitrogens with one attached hydrogen (secondary N) is 1. The third kappa shape index (κ3) is 5.61. The number of halogens is 3. The molecular weight excluding hydrogens is 499 g/mol. The van der Waals surface area contributed by atoms with E-state index in [-0.39, 0.29) is 6.54 Å². The molecular formula is C28H28F3N3O4. The summed E-state index contributed by atoms with van der Waals surface area (Å²) in [4.78, 5) is 18.9. The molecule has 2 unspecified atom stereocenters. The van der Waals surface area contributed by atoms with Gasteiger partial charge < -0.3 is 24.8 Å². The standard InChI is InChI=1S/C28H28F3N3O4/c29-21-8-9-22(32-16-21)18-3-6-20(7-4-18)28(30,31)27(36)33-23(17-34-11-1-2-12-34)26(35)19-5-10-24-25(15-19)38-14-13-37-24/h3-10,15-16,23,26,35H,1-2,11-14,17H2,(H,33,36). The second kappa shape index (κ2) is 11.0. The van der Waals surface area contributed by atoms with Crippen LogP contribution >= 0.6 is 0 Å². The van der Waals surface area contributed by atoms with Crippen LogP contribution in [0.1, 0.15) is 30.1 Å². The SMILES string of the molecule is O=C(NC(CN1CCCC1)C(O)c1ccc2c(c1)OCCO2)C(F)(F)c1ccc(-c2ccc(F)cn2)cc1. The van der Waals surface area contributed by atoms with Gasteiger partial charge in [0.1, 0.15) is 25.1 Å². The molecule has 10 heteroatoms. The Hall–Kier alpha value is -3.63. The monoisotopic (exact) mass is 527 g/mol. The molecule has 1 fully saturated rings. The summed E-state index contributed by atoms with van der Waals surface area (Å²) >= 11 is 0. The molecule has 5 rings (SSSR count). The molecule has 1 amide bonds. The van der Waals surface area contributed by atoms with Crippen molar-refractivity contribution in [1.82, 2.24) is 15.2 Å². The lowest BCUT2D eigenvalue weighted by Gasteiger charge is -2.30. The topological polar surface area (TPSA) is 83.9 Å². The Morgan fingerprint density at radius 2 is 1.74 bits per heavy atom. The first-order valence-corrected chi connectivity index (χ1v) is 12.5. The number of aliphatic hydroxyl groups excluding tert-OH is 1. The predicted molar refractivity (Wildman–Crippen MR) is 134 cm³/mol. The molecule has 3 heterocycles. The Bertz CT molecular complexity index is 1270. The zero-order chi connectivity index (χ0) is 26.7. The molecule has 200 valence electrons. The number of benzene rings is 2. The van der Waals surface area contributed by atoms with Crippen molar-refractivity contribution in [2.45, 2.75) is 30.9 Å². The number of alkyl halides is 2. The molecule has 2 N–H and O–H groups in total. The first-order chi connectivity index (χ1) is 18.3. The fourth-order valence-corrected chi connectivity index (χ4v) is 4.73. The maximum absolute atomic E-state index is 15.3. The van der Waals surface area contributed by atoms with Gasteiger partial charge in [-0.05, 0) is 55.8 Å². The summed E-state index contributed by atoms with van der Waals surface area (Å²) in [6.07, 6.45) is 1.72. The third-order valence-corrected chi connectivity index (χ3v) is 6.81. The molecule has 0 saturated carbocycles. The molecule has 0 radical (unpaired) electrons. The molecule has 1 aromatic heterocycles. The van der Waals surface area contributed by atoms with Gasteiger partial charge in [0.25, 0.3) is 5.91 Å². The number of amides is 1. The molecule has 2 atom stereocenters. The van der Waals surface area contributed by atoms with Gasteiger partial charge in [-0.25, -0.2) is 4.39 Å². The van der Waals surface area contributed by atoms with Crippen LogP contribution in [0, 0.1) is 5.82 Å². The van der Waals surface area contributed by atoms with E-state index in [2.05, 4.69) is 10.3 Å². The first-order valence-electron chi connectivity index (χ1n) is 12.5. The summed E-state index contributed by atoms with van der Waals surface area (Å²) in [5.41, 5.74) is 0.845. The number of aliphatic hydroxyl groups is 1. The minimum atomic E-state index is -3.86. The van der Waals surface area contributed by atoms with Gasteiger partial charge in [-0.15, -0.1) is 0 Å². The van der Waals surface area contributed by atoms with Crippen molar-refractivity contribution < 1.29 is 32.5 Å².